The van der Waals surface area contributed by atoms with Crippen molar-refractivity contribution in [2.24, 2.45) is 0 Å². The predicted molar refractivity (Wildman–Crippen MR) is 84.9 cm³/mol. The molecule has 2 aromatic rings. The van der Waals surface area contributed by atoms with E-state index < -0.39 is 10.8 Å². The van der Waals surface area contributed by atoms with Gasteiger partial charge in [0.1, 0.15) is 5.56 Å². The van der Waals surface area contributed by atoms with Gasteiger partial charge in [0, 0.05) is 16.6 Å². The zero-order valence-corrected chi connectivity index (χ0v) is 12.9. The number of hydrogen-bond acceptors (Lipinski definition) is 3. The van der Waals surface area contributed by atoms with Crippen molar-refractivity contribution in [3.05, 3.63) is 69.3 Å². The van der Waals surface area contributed by atoms with E-state index in [0.717, 1.165) is 5.56 Å². The molecule has 1 N–H and O–H groups in total. The van der Waals surface area contributed by atoms with Crippen LogP contribution in [0, 0.1) is 17.0 Å². The van der Waals surface area contributed by atoms with Crippen molar-refractivity contribution in [2.75, 3.05) is 5.32 Å². The van der Waals surface area contributed by atoms with Crippen LogP contribution in [-0.4, -0.2) is 10.8 Å². The van der Waals surface area contributed by atoms with Gasteiger partial charge in [0.05, 0.1) is 4.92 Å². The Bertz CT molecular complexity index is 701. The number of nitrogens with one attached hydrogen (secondary N) is 1. The molecule has 0 aliphatic heterocycles. The molecule has 6 heteroatoms. The van der Waals surface area contributed by atoms with E-state index in [2.05, 4.69) is 21.2 Å². The fraction of sp³-hybridized carbons (Fsp3) is 0.133. The Labute approximate surface area is 130 Å². The van der Waals surface area contributed by atoms with Crippen LogP contribution < -0.4 is 5.32 Å². The number of carbonyl (C=O) groups is 1. The molecule has 0 radical (unpaired) electrons. The number of benzene rings is 2. The number of halogens is 1. The second kappa shape index (κ2) is 6.49. The van der Waals surface area contributed by atoms with Gasteiger partial charge in [0.15, 0.2) is 0 Å². The Morgan fingerprint density at radius 3 is 2.67 bits per heavy atom. The fourth-order valence-electron chi connectivity index (χ4n) is 2.02. The lowest BCUT2D eigenvalue weighted by Crippen LogP contribution is -2.14. The lowest BCUT2D eigenvalue weighted by Gasteiger charge is -2.08. The van der Waals surface area contributed by atoms with Crippen LogP contribution in [0.4, 0.5) is 11.4 Å². The van der Waals surface area contributed by atoms with Crippen LogP contribution in [0.15, 0.2) is 42.5 Å². The van der Waals surface area contributed by atoms with Gasteiger partial charge in [-0.25, -0.2) is 0 Å². The number of aryl methyl sites for hydroxylation is 1. The summed E-state index contributed by atoms with van der Waals surface area (Å²) in [7, 11) is 0. The summed E-state index contributed by atoms with van der Waals surface area (Å²) in [6, 6.07) is 12.0. The van der Waals surface area contributed by atoms with Crippen molar-refractivity contribution in [2.45, 2.75) is 12.3 Å². The molecule has 0 aliphatic carbocycles. The SMILES string of the molecule is Cc1cccc(C(=O)Nc2cccc(CBr)c2)c1[N+](=O)[O-]. The van der Waals surface area contributed by atoms with E-state index in [4.69, 9.17) is 0 Å². The van der Waals surface area contributed by atoms with Crippen LogP contribution in [0.5, 0.6) is 0 Å². The summed E-state index contributed by atoms with van der Waals surface area (Å²) in [6.07, 6.45) is 0. The Morgan fingerprint density at radius 2 is 2.00 bits per heavy atom. The first-order valence-corrected chi connectivity index (χ1v) is 7.35. The molecule has 21 heavy (non-hydrogen) atoms. The molecule has 108 valence electrons. The van der Waals surface area contributed by atoms with Gasteiger partial charge in [-0.15, -0.1) is 0 Å². The summed E-state index contributed by atoms with van der Waals surface area (Å²) >= 11 is 3.34. The molecule has 0 fully saturated rings. The maximum atomic E-state index is 12.3. The predicted octanol–water partition coefficient (Wildman–Crippen LogP) is 4.05. The quantitative estimate of drug-likeness (QED) is 0.514. The molecule has 5 nitrogen and oxygen atoms in total. The third-order valence-corrected chi connectivity index (χ3v) is 3.65. The highest BCUT2D eigenvalue weighted by Crippen LogP contribution is 2.24. The average Bonchev–Trinajstić information content (AvgIpc) is 2.46. The Balaban J connectivity index is 2.32. The molecular formula is C15H13BrN2O3. The number of rotatable bonds is 4. The molecule has 0 heterocycles. The number of amides is 1. The van der Waals surface area contributed by atoms with Crippen LogP contribution >= 0.6 is 15.9 Å². The first kappa shape index (κ1) is 15.2. The Kier molecular flexibility index (Phi) is 4.70. The normalized spacial score (nSPS) is 10.2. The third-order valence-electron chi connectivity index (χ3n) is 3.00. The van der Waals surface area contributed by atoms with Crippen LogP contribution in [0.25, 0.3) is 0 Å². The van der Waals surface area contributed by atoms with E-state index in [-0.39, 0.29) is 11.3 Å². The lowest BCUT2D eigenvalue weighted by atomic mass is 10.1. The van der Waals surface area contributed by atoms with Gasteiger partial charge in [-0.05, 0) is 30.7 Å². The van der Waals surface area contributed by atoms with Gasteiger partial charge >= 0.3 is 0 Å². The highest BCUT2D eigenvalue weighted by atomic mass is 79.9. The minimum absolute atomic E-state index is 0.0595. The first-order valence-electron chi connectivity index (χ1n) is 6.23. The van der Waals surface area contributed by atoms with Crippen molar-refractivity contribution in [1.29, 1.82) is 0 Å². The molecular weight excluding hydrogens is 336 g/mol. The maximum Gasteiger partial charge on any atom is 0.285 e. The second-order valence-corrected chi connectivity index (χ2v) is 5.08. The average molecular weight is 349 g/mol. The van der Waals surface area contributed by atoms with Crippen molar-refractivity contribution >= 4 is 33.2 Å². The molecule has 0 aromatic heterocycles. The number of nitrogens with zero attached hydrogens (tertiary/aromatic N) is 1. The van der Waals surface area contributed by atoms with Gasteiger partial charge in [-0.1, -0.05) is 40.2 Å². The number of anilines is 1. The van der Waals surface area contributed by atoms with E-state index in [1.54, 1.807) is 25.1 Å². The molecule has 0 atom stereocenters. The summed E-state index contributed by atoms with van der Waals surface area (Å²) < 4.78 is 0. The maximum absolute atomic E-state index is 12.3. The molecule has 2 rings (SSSR count). The molecule has 0 spiro atoms. The molecule has 0 unspecified atom stereocenters. The number of nitro groups is 1. The summed E-state index contributed by atoms with van der Waals surface area (Å²) in [5, 5.41) is 14.5. The van der Waals surface area contributed by atoms with Crippen LogP contribution in [0.3, 0.4) is 0 Å². The van der Waals surface area contributed by atoms with Crippen molar-refractivity contribution in [3.63, 3.8) is 0 Å². The minimum atomic E-state index is -0.529. The van der Waals surface area contributed by atoms with Gasteiger partial charge < -0.3 is 5.32 Å². The summed E-state index contributed by atoms with van der Waals surface area (Å²) in [5.74, 6) is -0.489. The van der Waals surface area contributed by atoms with Crippen LogP contribution in [0.2, 0.25) is 0 Å². The Morgan fingerprint density at radius 1 is 1.29 bits per heavy atom. The molecule has 2 aromatic carbocycles. The minimum Gasteiger partial charge on any atom is -0.322 e. The lowest BCUT2D eigenvalue weighted by molar-refractivity contribution is -0.385. The first-order chi connectivity index (χ1) is 10.0. The number of carbonyl (C=O) groups excluding carboxylic acids is 1. The number of para-hydroxylation sites is 1. The zero-order chi connectivity index (χ0) is 15.4. The second-order valence-electron chi connectivity index (χ2n) is 4.52. The molecule has 0 saturated carbocycles. The van der Waals surface area contributed by atoms with Crippen LogP contribution in [0.1, 0.15) is 21.5 Å². The molecule has 0 aliphatic rings. The van der Waals surface area contributed by atoms with E-state index in [1.165, 1.54) is 6.07 Å². The van der Waals surface area contributed by atoms with Gasteiger partial charge in [0.2, 0.25) is 0 Å². The standard InChI is InChI=1S/C15H13BrN2O3/c1-10-4-2-7-13(14(10)18(20)21)15(19)17-12-6-3-5-11(8-12)9-16/h2-8H,9H2,1H3,(H,17,19). The summed E-state index contributed by atoms with van der Waals surface area (Å²) in [5.41, 5.74) is 1.97. The van der Waals surface area contributed by atoms with E-state index in [0.29, 0.717) is 16.6 Å². The van der Waals surface area contributed by atoms with Crippen molar-refractivity contribution in [3.8, 4) is 0 Å². The topological polar surface area (TPSA) is 72.2 Å². The zero-order valence-electron chi connectivity index (χ0n) is 11.3. The number of hydrogen-bond donors (Lipinski definition) is 1. The molecule has 0 bridgehead atoms. The van der Waals surface area contributed by atoms with Crippen LogP contribution in [-0.2, 0) is 5.33 Å². The highest BCUT2D eigenvalue weighted by molar-refractivity contribution is 9.08. The van der Waals surface area contributed by atoms with E-state index in [1.807, 2.05) is 18.2 Å². The smallest absolute Gasteiger partial charge is 0.285 e. The fourth-order valence-corrected chi connectivity index (χ4v) is 2.36. The summed E-state index contributed by atoms with van der Waals surface area (Å²) in [4.78, 5) is 22.9. The monoisotopic (exact) mass is 348 g/mol. The van der Waals surface area contributed by atoms with Gasteiger partial charge in [-0.3, -0.25) is 14.9 Å². The van der Waals surface area contributed by atoms with Gasteiger partial charge in [-0.2, -0.15) is 0 Å². The molecule has 0 saturated heterocycles. The number of nitro benzene ring substituents is 1. The summed E-state index contributed by atoms with van der Waals surface area (Å²) in [6.45, 7) is 1.61. The van der Waals surface area contributed by atoms with E-state index >= 15 is 0 Å². The van der Waals surface area contributed by atoms with Crippen molar-refractivity contribution in [1.82, 2.24) is 0 Å². The van der Waals surface area contributed by atoms with E-state index in [9.17, 15) is 14.9 Å². The van der Waals surface area contributed by atoms with Gasteiger partial charge in [0.25, 0.3) is 11.6 Å². The van der Waals surface area contributed by atoms with Crippen molar-refractivity contribution < 1.29 is 9.72 Å². The number of alkyl halides is 1. The largest absolute Gasteiger partial charge is 0.322 e. The third kappa shape index (κ3) is 3.46. The Hall–Kier alpha value is -2.21. The molecule has 1 amide bonds. The highest BCUT2D eigenvalue weighted by Gasteiger charge is 2.22.